The highest BCUT2D eigenvalue weighted by Crippen LogP contribution is 2.18. The predicted octanol–water partition coefficient (Wildman–Crippen LogP) is 2.83. The van der Waals surface area contributed by atoms with E-state index in [1.165, 1.54) is 5.56 Å². The topological polar surface area (TPSA) is 50.3 Å². The maximum Gasteiger partial charge on any atom is 0.201 e. The first kappa shape index (κ1) is 17.1. The van der Waals surface area contributed by atoms with Crippen molar-refractivity contribution in [3.63, 3.8) is 0 Å². The number of rotatable bonds is 6. The van der Waals surface area contributed by atoms with Crippen LogP contribution in [-0.2, 0) is 13.1 Å². The fourth-order valence-electron chi connectivity index (χ4n) is 3.79. The van der Waals surface area contributed by atoms with Crippen molar-refractivity contribution in [2.75, 3.05) is 38.5 Å². The highest BCUT2D eigenvalue weighted by molar-refractivity contribution is 5.78. The number of nitrogens with zero attached hydrogens (tertiary/aromatic N) is 4. The Hall–Kier alpha value is -2.37. The molecule has 1 saturated heterocycles. The van der Waals surface area contributed by atoms with Gasteiger partial charge in [-0.05, 0) is 30.7 Å². The molecule has 5 heteroatoms. The average molecular weight is 349 g/mol. The Bertz CT molecular complexity index is 834. The smallest absolute Gasteiger partial charge is 0.201 e. The monoisotopic (exact) mass is 349 g/mol. The van der Waals surface area contributed by atoms with E-state index in [2.05, 4.69) is 55.7 Å². The lowest BCUT2D eigenvalue weighted by atomic mass is 10.2. The van der Waals surface area contributed by atoms with E-state index in [1.807, 2.05) is 18.2 Å². The Labute approximate surface area is 155 Å². The molecule has 2 aromatic carbocycles. The molecule has 0 radical (unpaired) electrons. The summed E-state index contributed by atoms with van der Waals surface area (Å²) in [6.07, 6.45) is 1.10. The molecule has 0 aliphatic carbocycles. The first-order chi connectivity index (χ1) is 12.8. The molecule has 3 aromatic rings. The summed E-state index contributed by atoms with van der Waals surface area (Å²) in [6, 6.07) is 18.9. The Morgan fingerprint density at radius 3 is 2.31 bits per heavy atom. The van der Waals surface area contributed by atoms with Gasteiger partial charge in [-0.15, -0.1) is 0 Å². The van der Waals surface area contributed by atoms with E-state index in [-0.39, 0.29) is 0 Å². The molecule has 2 heterocycles. The van der Waals surface area contributed by atoms with Gasteiger partial charge in [0.25, 0.3) is 0 Å². The van der Waals surface area contributed by atoms with Gasteiger partial charge in [0.2, 0.25) is 5.95 Å². The van der Waals surface area contributed by atoms with Gasteiger partial charge >= 0.3 is 0 Å². The van der Waals surface area contributed by atoms with Crippen LogP contribution in [0, 0.1) is 0 Å². The SMILES string of the molecule is Nc1nc2ccccc2n1CCCN1CCN(Cc2ccccc2)CC1. The summed E-state index contributed by atoms with van der Waals surface area (Å²) in [6.45, 7) is 7.68. The summed E-state index contributed by atoms with van der Waals surface area (Å²) in [7, 11) is 0. The van der Waals surface area contributed by atoms with Crippen molar-refractivity contribution < 1.29 is 0 Å². The highest BCUT2D eigenvalue weighted by atomic mass is 15.3. The third-order valence-electron chi connectivity index (χ3n) is 5.25. The maximum atomic E-state index is 6.10. The number of aromatic nitrogens is 2. The second-order valence-corrected chi connectivity index (χ2v) is 7.07. The van der Waals surface area contributed by atoms with Gasteiger partial charge in [0.15, 0.2) is 0 Å². The Balaban J connectivity index is 1.24. The number of imidazole rings is 1. The number of aryl methyl sites for hydroxylation is 1. The van der Waals surface area contributed by atoms with Crippen LogP contribution in [0.15, 0.2) is 54.6 Å². The number of fused-ring (bicyclic) bond motifs is 1. The molecule has 0 spiro atoms. The fourth-order valence-corrected chi connectivity index (χ4v) is 3.79. The van der Waals surface area contributed by atoms with Crippen LogP contribution in [0.25, 0.3) is 11.0 Å². The molecule has 1 aliphatic heterocycles. The van der Waals surface area contributed by atoms with Crippen LogP contribution in [0.3, 0.4) is 0 Å². The minimum Gasteiger partial charge on any atom is -0.369 e. The van der Waals surface area contributed by atoms with Gasteiger partial charge in [-0.1, -0.05) is 42.5 Å². The van der Waals surface area contributed by atoms with E-state index < -0.39 is 0 Å². The summed E-state index contributed by atoms with van der Waals surface area (Å²) in [5.74, 6) is 0.624. The van der Waals surface area contributed by atoms with Crippen LogP contribution in [0.5, 0.6) is 0 Å². The van der Waals surface area contributed by atoms with Crippen LogP contribution in [0.2, 0.25) is 0 Å². The molecule has 1 aliphatic rings. The van der Waals surface area contributed by atoms with Gasteiger partial charge in [0.1, 0.15) is 0 Å². The molecule has 1 fully saturated rings. The van der Waals surface area contributed by atoms with Crippen molar-refractivity contribution in [1.29, 1.82) is 0 Å². The fraction of sp³-hybridized carbons (Fsp3) is 0.381. The van der Waals surface area contributed by atoms with Gasteiger partial charge in [-0.2, -0.15) is 0 Å². The number of para-hydroxylation sites is 2. The summed E-state index contributed by atoms with van der Waals surface area (Å²) in [5.41, 5.74) is 9.62. The molecular formula is C21H27N5. The molecule has 5 nitrogen and oxygen atoms in total. The number of nitrogen functional groups attached to an aromatic ring is 1. The summed E-state index contributed by atoms with van der Waals surface area (Å²) >= 11 is 0. The quantitative estimate of drug-likeness (QED) is 0.743. The minimum atomic E-state index is 0.624. The number of anilines is 1. The third-order valence-corrected chi connectivity index (χ3v) is 5.25. The van der Waals surface area contributed by atoms with Crippen LogP contribution >= 0.6 is 0 Å². The van der Waals surface area contributed by atoms with Gasteiger partial charge in [0, 0.05) is 39.3 Å². The minimum absolute atomic E-state index is 0.624. The second-order valence-electron chi connectivity index (χ2n) is 7.07. The zero-order chi connectivity index (χ0) is 17.8. The molecule has 0 saturated carbocycles. The molecule has 4 rings (SSSR count). The van der Waals surface area contributed by atoms with Crippen molar-refractivity contribution >= 4 is 17.0 Å². The average Bonchev–Trinajstić information content (AvgIpc) is 2.99. The second kappa shape index (κ2) is 7.89. The van der Waals surface area contributed by atoms with E-state index in [0.717, 1.165) is 63.3 Å². The van der Waals surface area contributed by atoms with E-state index >= 15 is 0 Å². The first-order valence-electron chi connectivity index (χ1n) is 9.49. The largest absolute Gasteiger partial charge is 0.369 e. The standard InChI is InChI=1S/C21H27N5/c22-21-23-19-9-4-5-10-20(19)26(21)12-6-11-24-13-15-25(16-14-24)17-18-7-2-1-3-8-18/h1-5,7-10H,6,11-17H2,(H2,22,23). The van der Waals surface area contributed by atoms with Crippen molar-refractivity contribution in [3.8, 4) is 0 Å². The molecule has 0 atom stereocenters. The molecule has 26 heavy (non-hydrogen) atoms. The maximum absolute atomic E-state index is 6.10. The van der Waals surface area contributed by atoms with Crippen LogP contribution < -0.4 is 5.73 Å². The molecule has 1 aromatic heterocycles. The van der Waals surface area contributed by atoms with Crippen LogP contribution in [-0.4, -0.2) is 52.1 Å². The Kier molecular flexibility index (Phi) is 5.18. The number of hydrogen-bond donors (Lipinski definition) is 1. The molecule has 0 amide bonds. The zero-order valence-corrected chi connectivity index (χ0v) is 15.2. The molecule has 2 N–H and O–H groups in total. The van der Waals surface area contributed by atoms with Gasteiger partial charge in [0.05, 0.1) is 11.0 Å². The summed E-state index contributed by atoms with van der Waals surface area (Å²) in [5, 5.41) is 0. The lowest BCUT2D eigenvalue weighted by Crippen LogP contribution is -2.46. The lowest BCUT2D eigenvalue weighted by molar-refractivity contribution is 0.125. The number of nitrogens with two attached hydrogens (primary N) is 1. The molecule has 136 valence electrons. The van der Waals surface area contributed by atoms with Crippen molar-refractivity contribution in [2.24, 2.45) is 0 Å². The number of hydrogen-bond acceptors (Lipinski definition) is 4. The Morgan fingerprint density at radius 1 is 0.808 bits per heavy atom. The van der Waals surface area contributed by atoms with E-state index in [0.29, 0.717) is 5.95 Å². The third kappa shape index (κ3) is 3.89. The molecular weight excluding hydrogens is 322 g/mol. The van der Waals surface area contributed by atoms with Gasteiger partial charge < -0.3 is 15.2 Å². The zero-order valence-electron chi connectivity index (χ0n) is 15.2. The summed E-state index contributed by atoms with van der Waals surface area (Å²) in [4.78, 5) is 9.56. The first-order valence-corrected chi connectivity index (χ1v) is 9.49. The molecule has 0 unspecified atom stereocenters. The van der Waals surface area contributed by atoms with E-state index in [1.54, 1.807) is 0 Å². The van der Waals surface area contributed by atoms with Crippen LogP contribution in [0.1, 0.15) is 12.0 Å². The normalized spacial score (nSPS) is 16.3. The number of benzene rings is 2. The lowest BCUT2D eigenvalue weighted by Gasteiger charge is -2.34. The predicted molar refractivity (Wildman–Crippen MR) is 107 cm³/mol. The van der Waals surface area contributed by atoms with Crippen LogP contribution in [0.4, 0.5) is 5.95 Å². The van der Waals surface area contributed by atoms with Crippen molar-refractivity contribution in [1.82, 2.24) is 19.4 Å². The highest BCUT2D eigenvalue weighted by Gasteiger charge is 2.16. The van der Waals surface area contributed by atoms with Gasteiger partial charge in [-0.3, -0.25) is 4.90 Å². The van der Waals surface area contributed by atoms with E-state index in [9.17, 15) is 0 Å². The number of piperazine rings is 1. The summed E-state index contributed by atoms with van der Waals surface area (Å²) < 4.78 is 2.14. The van der Waals surface area contributed by atoms with Crippen molar-refractivity contribution in [2.45, 2.75) is 19.5 Å². The molecule has 0 bridgehead atoms. The van der Waals surface area contributed by atoms with Gasteiger partial charge in [-0.25, -0.2) is 4.98 Å². The van der Waals surface area contributed by atoms with E-state index in [4.69, 9.17) is 5.73 Å². The Morgan fingerprint density at radius 2 is 1.50 bits per heavy atom. The van der Waals surface area contributed by atoms with Crippen molar-refractivity contribution in [3.05, 3.63) is 60.2 Å².